The Hall–Kier alpha value is -1.81. The normalized spacial score (nSPS) is 14.0. The largest absolute Gasteiger partial charge is 0.330 e. The van der Waals surface area contributed by atoms with Gasteiger partial charge >= 0.3 is 0 Å². The molecule has 96 valence electrons. The summed E-state index contributed by atoms with van der Waals surface area (Å²) in [6, 6.07) is 14.1. The summed E-state index contributed by atoms with van der Waals surface area (Å²) >= 11 is 3.43. The van der Waals surface area contributed by atoms with Crippen molar-refractivity contribution in [1.29, 1.82) is 0 Å². The molecule has 2 aromatic carbocycles. The lowest BCUT2D eigenvalue weighted by molar-refractivity contribution is -0.115. The topological polar surface area (TPSA) is 32.3 Å². The van der Waals surface area contributed by atoms with Crippen LogP contribution in [0.4, 0.5) is 17.1 Å². The van der Waals surface area contributed by atoms with Gasteiger partial charge in [0.05, 0.1) is 11.4 Å². The molecule has 1 heterocycles. The third-order valence-corrected chi connectivity index (χ3v) is 3.66. The Bertz CT molecular complexity index is 637. The Balaban J connectivity index is 2.08. The highest BCUT2D eigenvalue weighted by atomic mass is 79.9. The maximum atomic E-state index is 11.8. The summed E-state index contributed by atoms with van der Waals surface area (Å²) in [6.07, 6.45) is 0. The van der Waals surface area contributed by atoms with Gasteiger partial charge in [-0.2, -0.15) is 0 Å². The second kappa shape index (κ2) is 4.70. The van der Waals surface area contributed by atoms with E-state index in [1.807, 2.05) is 35.2 Å². The van der Waals surface area contributed by atoms with Gasteiger partial charge in [0.1, 0.15) is 6.54 Å². The Morgan fingerprint density at radius 2 is 1.89 bits per heavy atom. The molecular formula is C15H13BrN2O. The summed E-state index contributed by atoms with van der Waals surface area (Å²) in [5.41, 5.74) is 4.10. The van der Waals surface area contributed by atoms with E-state index < -0.39 is 0 Å². The zero-order valence-corrected chi connectivity index (χ0v) is 12.1. The average molecular weight is 317 g/mol. The molecule has 0 bridgehead atoms. The van der Waals surface area contributed by atoms with E-state index in [2.05, 4.69) is 40.3 Å². The van der Waals surface area contributed by atoms with Gasteiger partial charge < -0.3 is 10.2 Å². The SMILES string of the molecule is Cc1ccc(N2CC(=O)Nc3cc(Br)ccc32)cc1. The first kappa shape index (κ1) is 12.2. The van der Waals surface area contributed by atoms with Crippen LogP contribution in [0.5, 0.6) is 0 Å². The third kappa shape index (κ3) is 2.36. The minimum absolute atomic E-state index is 0.00572. The molecule has 0 unspecified atom stereocenters. The minimum Gasteiger partial charge on any atom is -0.330 e. The van der Waals surface area contributed by atoms with E-state index in [0.717, 1.165) is 21.5 Å². The Labute approximate surface area is 120 Å². The lowest BCUT2D eigenvalue weighted by Gasteiger charge is -2.31. The predicted molar refractivity (Wildman–Crippen MR) is 81.0 cm³/mol. The second-order valence-corrected chi connectivity index (χ2v) is 5.55. The van der Waals surface area contributed by atoms with Crippen molar-refractivity contribution in [3.63, 3.8) is 0 Å². The molecule has 0 radical (unpaired) electrons. The molecule has 1 N–H and O–H groups in total. The van der Waals surface area contributed by atoms with Crippen LogP contribution >= 0.6 is 15.9 Å². The Morgan fingerprint density at radius 1 is 1.16 bits per heavy atom. The second-order valence-electron chi connectivity index (χ2n) is 4.63. The van der Waals surface area contributed by atoms with Crippen LogP contribution in [-0.2, 0) is 4.79 Å². The number of nitrogens with zero attached hydrogens (tertiary/aromatic N) is 1. The molecule has 2 aromatic rings. The first-order valence-electron chi connectivity index (χ1n) is 6.07. The monoisotopic (exact) mass is 316 g/mol. The number of benzene rings is 2. The van der Waals surface area contributed by atoms with Gasteiger partial charge in [0, 0.05) is 10.2 Å². The van der Waals surface area contributed by atoms with Crippen molar-refractivity contribution in [3.05, 3.63) is 52.5 Å². The molecule has 0 spiro atoms. The highest BCUT2D eigenvalue weighted by Gasteiger charge is 2.23. The van der Waals surface area contributed by atoms with Gasteiger partial charge in [-0.15, -0.1) is 0 Å². The maximum absolute atomic E-state index is 11.8. The molecule has 0 saturated carbocycles. The highest BCUT2D eigenvalue weighted by molar-refractivity contribution is 9.10. The van der Waals surface area contributed by atoms with E-state index in [-0.39, 0.29) is 5.91 Å². The van der Waals surface area contributed by atoms with Crippen LogP contribution < -0.4 is 10.2 Å². The van der Waals surface area contributed by atoms with Gasteiger partial charge in [0.25, 0.3) is 0 Å². The molecule has 0 fully saturated rings. The van der Waals surface area contributed by atoms with E-state index in [9.17, 15) is 4.79 Å². The van der Waals surface area contributed by atoms with E-state index in [4.69, 9.17) is 0 Å². The number of hydrogen-bond donors (Lipinski definition) is 1. The van der Waals surface area contributed by atoms with Crippen molar-refractivity contribution in [2.45, 2.75) is 6.92 Å². The zero-order chi connectivity index (χ0) is 13.4. The van der Waals surface area contributed by atoms with Gasteiger partial charge in [-0.1, -0.05) is 33.6 Å². The number of rotatable bonds is 1. The lowest BCUT2D eigenvalue weighted by atomic mass is 10.1. The molecule has 1 amide bonds. The minimum atomic E-state index is 0.00572. The number of nitrogens with one attached hydrogen (secondary N) is 1. The number of hydrogen-bond acceptors (Lipinski definition) is 2. The van der Waals surface area contributed by atoms with Crippen LogP contribution in [0, 0.1) is 6.92 Å². The third-order valence-electron chi connectivity index (χ3n) is 3.17. The molecular weight excluding hydrogens is 304 g/mol. The standard InChI is InChI=1S/C15H13BrN2O/c1-10-2-5-12(6-3-10)18-9-15(19)17-13-8-11(16)4-7-14(13)18/h2-8H,9H2,1H3,(H,17,19). The van der Waals surface area contributed by atoms with Gasteiger partial charge in [0.2, 0.25) is 5.91 Å². The lowest BCUT2D eigenvalue weighted by Crippen LogP contribution is -2.34. The van der Waals surface area contributed by atoms with Gasteiger partial charge in [-0.05, 0) is 37.3 Å². The van der Waals surface area contributed by atoms with Crippen molar-refractivity contribution in [3.8, 4) is 0 Å². The molecule has 0 aromatic heterocycles. The van der Waals surface area contributed by atoms with Crippen LogP contribution in [-0.4, -0.2) is 12.5 Å². The van der Waals surface area contributed by atoms with Crippen molar-refractivity contribution in [2.75, 3.05) is 16.8 Å². The van der Waals surface area contributed by atoms with Crippen molar-refractivity contribution < 1.29 is 4.79 Å². The number of aryl methyl sites for hydroxylation is 1. The van der Waals surface area contributed by atoms with Crippen LogP contribution in [0.2, 0.25) is 0 Å². The van der Waals surface area contributed by atoms with E-state index in [0.29, 0.717) is 6.54 Å². The predicted octanol–water partition coefficient (Wildman–Crippen LogP) is 3.85. The fraction of sp³-hybridized carbons (Fsp3) is 0.133. The molecule has 3 nitrogen and oxygen atoms in total. The number of carbonyl (C=O) groups excluding carboxylic acids is 1. The van der Waals surface area contributed by atoms with Gasteiger partial charge in [-0.25, -0.2) is 0 Å². The first-order valence-corrected chi connectivity index (χ1v) is 6.86. The van der Waals surface area contributed by atoms with Crippen molar-refractivity contribution in [1.82, 2.24) is 0 Å². The van der Waals surface area contributed by atoms with Crippen molar-refractivity contribution in [2.24, 2.45) is 0 Å². The first-order chi connectivity index (χ1) is 9.13. The summed E-state index contributed by atoms with van der Waals surface area (Å²) < 4.78 is 0.956. The molecule has 19 heavy (non-hydrogen) atoms. The van der Waals surface area contributed by atoms with Crippen molar-refractivity contribution >= 4 is 38.9 Å². The molecule has 4 heteroatoms. The average Bonchev–Trinajstić information content (AvgIpc) is 2.38. The Morgan fingerprint density at radius 3 is 2.63 bits per heavy atom. The molecule has 0 atom stereocenters. The molecule has 0 aliphatic carbocycles. The van der Waals surface area contributed by atoms with E-state index >= 15 is 0 Å². The quantitative estimate of drug-likeness (QED) is 0.866. The molecule has 3 rings (SSSR count). The van der Waals surface area contributed by atoms with Gasteiger partial charge in [0.15, 0.2) is 0 Å². The number of fused-ring (bicyclic) bond motifs is 1. The number of carbonyl (C=O) groups is 1. The molecule has 0 saturated heterocycles. The number of anilines is 3. The van der Waals surface area contributed by atoms with Crippen LogP contribution in [0.3, 0.4) is 0 Å². The Kier molecular flexibility index (Phi) is 3.03. The zero-order valence-electron chi connectivity index (χ0n) is 10.5. The number of amides is 1. The molecule has 1 aliphatic rings. The fourth-order valence-electron chi connectivity index (χ4n) is 2.22. The summed E-state index contributed by atoms with van der Waals surface area (Å²) in [5.74, 6) is 0.00572. The summed E-state index contributed by atoms with van der Waals surface area (Å²) in [5, 5.41) is 2.90. The highest BCUT2D eigenvalue weighted by Crippen LogP contribution is 2.36. The maximum Gasteiger partial charge on any atom is 0.244 e. The van der Waals surface area contributed by atoms with Crippen LogP contribution in [0.15, 0.2) is 46.9 Å². The number of halogens is 1. The summed E-state index contributed by atoms with van der Waals surface area (Å²) in [7, 11) is 0. The summed E-state index contributed by atoms with van der Waals surface area (Å²) in [6.45, 7) is 2.40. The summed E-state index contributed by atoms with van der Waals surface area (Å²) in [4.78, 5) is 13.8. The smallest absolute Gasteiger partial charge is 0.244 e. The van der Waals surface area contributed by atoms with E-state index in [1.54, 1.807) is 0 Å². The fourth-order valence-corrected chi connectivity index (χ4v) is 2.58. The van der Waals surface area contributed by atoms with Crippen LogP contribution in [0.1, 0.15) is 5.56 Å². The van der Waals surface area contributed by atoms with E-state index in [1.165, 1.54) is 5.56 Å². The molecule has 1 aliphatic heterocycles. The van der Waals surface area contributed by atoms with Gasteiger partial charge in [-0.3, -0.25) is 4.79 Å². The van der Waals surface area contributed by atoms with Crippen LogP contribution in [0.25, 0.3) is 0 Å².